The number of hydrogen-bond donors (Lipinski definition) is 0. The van der Waals surface area contributed by atoms with Crippen molar-refractivity contribution in [2.75, 3.05) is 13.1 Å². The molecule has 0 fully saturated rings. The number of nitrogens with zero attached hydrogens (tertiary/aromatic N) is 3. The highest BCUT2D eigenvalue weighted by Gasteiger charge is 2.13. The molecule has 0 saturated heterocycles. The molecule has 0 aromatic heterocycles. The minimum Gasteiger partial charge on any atom is -0.373 e. The summed E-state index contributed by atoms with van der Waals surface area (Å²) in [5.41, 5.74) is 1.94. The van der Waals surface area contributed by atoms with Crippen molar-refractivity contribution in [2.45, 2.75) is 47.1 Å². The minimum absolute atomic E-state index is 0.175. The van der Waals surface area contributed by atoms with Gasteiger partial charge in [0, 0.05) is 18.8 Å². The normalized spacial score (nSPS) is 13.1. The highest BCUT2D eigenvalue weighted by atomic mass is 15.2. The summed E-state index contributed by atoms with van der Waals surface area (Å²) >= 11 is 0. The smallest absolute Gasteiger partial charge is 0.0858 e. The highest BCUT2D eigenvalue weighted by Crippen LogP contribution is 2.14. The molecule has 0 amide bonds. The molecule has 0 bridgehead atoms. The van der Waals surface area contributed by atoms with E-state index in [0.717, 1.165) is 25.2 Å². The molecule has 0 saturated carbocycles. The van der Waals surface area contributed by atoms with Crippen LogP contribution in [0, 0.1) is 5.92 Å². The van der Waals surface area contributed by atoms with Gasteiger partial charge in [-0.3, -0.25) is 0 Å². The Balaban J connectivity index is 4.43. The Bertz CT molecular complexity index is 279. The average Bonchev–Trinajstić information content (AvgIpc) is 2.24. The summed E-state index contributed by atoms with van der Waals surface area (Å²) in [7, 11) is 0. The molecule has 98 valence electrons. The van der Waals surface area contributed by atoms with E-state index in [1.807, 2.05) is 6.92 Å². The largest absolute Gasteiger partial charge is 0.373 e. The molecule has 0 heterocycles. The molecular weight excluding hydrogens is 210 g/mol. The topological polar surface area (TPSA) is 28.0 Å². The predicted octanol–water partition coefficient (Wildman–Crippen LogP) is 4.24. The van der Waals surface area contributed by atoms with Gasteiger partial charge in [0.15, 0.2) is 0 Å². The molecule has 0 N–H and O–H groups in total. The standard InChI is InChI=1S/C14H27N3/c1-8-9-17(14(7)11(2)3)10-13(6)16-15-12(4)5/h11,13H,4,7-10H2,1-3,5-6H3. The Kier molecular flexibility index (Phi) is 7.51. The number of hydrogen-bond acceptors (Lipinski definition) is 3. The van der Waals surface area contributed by atoms with E-state index < -0.39 is 0 Å². The van der Waals surface area contributed by atoms with Gasteiger partial charge in [-0.1, -0.05) is 33.9 Å². The molecule has 0 spiro atoms. The van der Waals surface area contributed by atoms with Gasteiger partial charge in [0.05, 0.1) is 11.7 Å². The van der Waals surface area contributed by atoms with E-state index in [2.05, 4.69) is 56.0 Å². The van der Waals surface area contributed by atoms with Crippen LogP contribution in [0.3, 0.4) is 0 Å². The quantitative estimate of drug-likeness (QED) is 0.580. The van der Waals surface area contributed by atoms with Crippen molar-refractivity contribution in [3.63, 3.8) is 0 Å². The first kappa shape index (κ1) is 15.9. The zero-order chi connectivity index (χ0) is 13.4. The molecule has 0 aliphatic rings. The molecule has 0 aromatic carbocycles. The maximum absolute atomic E-state index is 4.23. The van der Waals surface area contributed by atoms with Gasteiger partial charge < -0.3 is 4.90 Å². The Morgan fingerprint density at radius 3 is 2.24 bits per heavy atom. The third-order valence-corrected chi connectivity index (χ3v) is 2.48. The zero-order valence-corrected chi connectivity index (χ0v) is 12.0. The second-order valence-corrected chi connectivity index (χ2v) is 4.89. The lowest BCUT2D eigenvalue weighted by atomic mass is 10.1. The van der Waals surface area contributed by atoms with Crippen LogP contribution in [0.1, 0.15) is 41.0 Å². The van der Waals surface area contributed by atoms with Crippen LogP contribution in [0.15, 0.2) is 34.8 Å². The summed E-state index contributed by atoms with van der Waals surface area (Å²) < 4.78 is 0. The van der Waals surface area contributed by atoms with Crippen molar-refractivity contribution in [1.82, 2.24) is 4.90 Å². The van der Waals surface area contributed by atoms with Gasteiger partial charge >= 0.3 is 0 Å². The van der Waals surface area contributed by atoms with Crippen LogP contribution < -0.4 is 0 Å². The fraction of sp³-hybridized carbons (Fsp3) is 0.714. The van der Waals surface area contributed by atoms with E-state index in [1.54, 1.807) is 0 Å². The Labute approximate surface area is 106 Å². The number of azo groups is 1. The molecule has 0 rings (SSSR count). The van der Waals surface area contributed by atoms with Gasteiger partial charge in [-0.15, -0.1) is 0 Å². The lowest BCUT2D eigenvalue weighted by Gasteiger charge is -2.29. The van der Waals surface area contributed by atoms with E-state index >= 15 is 0 Å². The summed E-state index contributed by atoms with van der Waals surface area (Å²) in [4.78, 5) is 2.31. The van der Waals surface area contributed by atoms with Crippen molar-refractivity contribution in [1.29, 1.82) is 0 Å². The van der Waals surface area contributed by atoms with Gasteiger partial charge in [0.2, 0.25) is 0 Å². The van der Waals surface area contributed by atoms with Crippen LogP contribution in [0.25, 0.3) is 0 Å². The van der Waals surface area contributed by atoms with Crippen LogP contribution in [0.5, 0.6) is 0 Å². The number of rotatable bonds is 8. The third-order valence-electron chi connectivity index (χ3n) is 2.48. The lowest BCUT2D eigenvalue weighted by Crippen LogP contribution is -2.31. The summed E-state index contributed by atoms with van der Waals surface area (Å²) in [5.74, 6) is 0.479. The first-order chi connectivity index (χ1) is 7.88. The SMILES string of the molecule is C=C(C)N=NC(C)CN(CCC)C(=C)C(C)C. The molecule has 0 aromatic rings. The highest BCUT2D eigenvalue weighted by molar-refractivity contribution is 4.98. The van der Waals surface area contributed by atoms with Gasteiger partial charge in [0.1, 0.15) is 0 Å². The molecule has 0 aliphatic heterocycles. The van der Waals surface area contributed by atoms with Crippen molar-refractivity contribution in [3.8, 4) is 0 Å². The second-order valence-electron chi connectivity index (χ2n) is 4.89. The summed E-state index contributed by atoms with van der Waals surface area (Å²) in [5, 5.41) is 8.25. The zero-order valence-electron chi connectivity index (χ0n) is 12.0. The van der Waals surface area contributed by atoms with Gasteiger partial charge in [-0.05, 0) is 26.2 Å². The minimum atomic E-state index is 0.175. The third kappa shape index (κ3) is 6.93. The fourth-order valence-corrected chi connectivity index (χ4v) is 1.54. The van der Waals surface area contributed by atoms with E-state index in [9.17, 15) is 0 Å². The monoisotopic (exact) mass is 237 g/mol. The second kappa shape index (κ2) is 8.04. The fourth-order valence-electron chi connectivity index (χ4n) is 1.54. The summed E-state index contributed by atoms with van der Waals surface area (Å²) in [6.45, 7) is 20.2. The summed E-state index contributed by atoms with van der Waals surface area (Å²) in [6, 6.07) is 0.175. The van der Waals surface area contributed by atoms with Gasteiger partial charge in [-0.25, -0.2) is 0 Å². The average molecular weight is 237 g/mol. The molecule has 1 unspecified atom stereocenters. The molecule has 3 heteroatoms. The van der Waals surface area contributed by atoms with E-state index in [1.165, 1.54) is 5.70 Å². The van der Waals surface area contributed by atoms with E-state index in [0.29, 0.717) is 5.92 Å². The first-order valence-corrected chi connectivity index (χ1v) is 6.38. The molecule has 3 nitrogen and oxygen atoms in total. The maximum atomic E-state index is 4.23. The summed E-state index contributed by atoms with van der Waals surface area (Å²) in [6.07, 6.45) is 1.12. The van der Waals surface area contributed by atoms with Crippen molar-refractivity contribution < 1.29 is 0 Å². The van der Waals surface area contributed by atoms with Gasteiger partial charge in [0.25, 0.3) is 0 Å². The van der Waals surface area contributed by atoms with E-state index in [-0.39, 0.29) is 6.04 Å². The van der Waals surface area contributed by atoms with Crippen LogP contribution >= 0.6 is 0 Å². The van der Waals surface area contributed by atoms with Crippen molar-refractivity contribution >= 4 is 0 Å². The van der Waals surface area contributed by atoms with Crippen molar-refractivity contribution in [3.05, 3.63) is 24.6 Å². The first-order valence-electron chi connectivity index (χ1n) is 6.38. The van der Waals surface area contributed by atoms with Gasteiger partial charge in [-0.2, -0.15) is 10.2 Å². The Morgan fingerprint density at radius 2 is 1.82 bits per heavy atom. The molecule has 17 heavy (non-hydrogen) atoms. The predicted molar refractivity (Wildman–Crippen MR) is 75.0 cm³/mol. The van der Waals surface area contributed by atoms with Crippen LogP contribution in [-0.4, -0.2) is 24.0 Å². The maximum Gasteiger partial charge on any atom is 0.0858 e. The van der Waals surface area contributed by atoms with Crippen LogP contribution in [0.4, 0.5) is 0 Å². The molecule has 1 atom stereocenters. The lowest BCUT2D eigenvalue weighted by molar-refractivity contribution is 0.298. The Hall–Kier alpha value is -1.12. The molecular formula is C14H27N3. The van der Waals surface area contributed by atoms with Crippen LogP contribution in [-0.2, 0) is 0 Å². The molecule has 0 aliphatic carbocycles. The van der Waals surface area contributed by atoms with Crippen molar-refractivity contribution in [2.24, 2.45) is 16.1 Å². The molecule has 0 radical (unpaired) electrons. The van der Waals surface area contributed by atoms with Crippen LogP contribution in [0.2, 0.25) is 0 Å². The number of allylic oxidation sites excluding steroid dienone is 2. The Morgan fingerprint density at radius 1 is 1.24 bits per heavy atom. The van der Waals surface area contributed by atoms with E-state index in [4.69, 9.17) is 0 Å².